The van der Waals surface area contributed by atoms with Crippen molar-refractivity contribution in [3.05, 3.63) is 78.4 Å². The minimum atomic E-state index is 0. The molecule has 4 rings (SSSR count). The van der Waals surface area contributed by atoms with Crippen molar-refractivity contribution in [1.82, 2.24) is 0 Å². The van der Waals surface area contributed by atoms with E-state index in [9.17, 15) is 0 Å². The van der Waals surface area contributed by atoms with Crippen LogP contribution in [0.3, 0.4) is 0 Å². The summed E-state index contributed by atoms with van der Waals surface area (Å²) in [6, 6.07) is 26.6. The van der Waals surface area contributed by atoms with E-state index in [0.29, 0.717) is 0 Å². The minimum Gasteiger partial charge on any atom is -1.00 e. The molecule has 0 atom stereocenters. The van der Waals surface area contributed by atoms with E-state index < -0.39 is 0 Å². The monoisotopic (exact) mass is 604 g/mol. The summed E-state index contributed by atoms with van der Waals surface area (Å²) < 4.78 is 0. The van der Waals surface area contributed by atoms with Crippen molar-refractivity contribution in [1.29, 1.82) is 0 Å². The first-order valence-corrected chi connectivity index (χ1v) is 14.4. The van der Waals surface area contributed by atoms with Gasteiger partial charge in [-0.15, -0.1) is 80.9 Å². The molecule has 35 heavy (non-hydrogen) atoms. The zero-order valence-electron chi connectivity index (χ0n) is 21.7. The largest absolute Gasteiger partial charge is 4.00 e. The topological polar surface area (TPSA) is 0 Å². The number of fused-ring (bicyclic) bond motifs is 2. The van der Waals surface area contributed by atoms with Crippen LogP contribution in [0.15, 0.2) is 72.8 Å². The normalized spacial score (nSPS) is 10.3. The standard InChI is InChI=1S/C21H32P.C10H9.2ClH.Zr/c1-3-5-7-11-15-22(16-12-8-6-4-2)21-17-19-13-9-10-14-20(19)18-21;1-8-6-9-4-2-3-5-10(9)7-8;;;/h9-10,13-14,17-18H,3-8,11-12,15-16H2,1-2H3;2-7H,1H3;2*1H;/q2*-1;;;+4/p-2. The average molecular weight is 607 g/mol. The molecule has 188 valence electrons. The van der Waals surface area contributed by atoms with Gasteiger partial charge in [0.2, 0.25) is 0 Å². The molecule has 0 bridgehead atoms. The number of hydrogen-bond donors (Lipinski definition) is 0. The smallest absolute Gasteiger partial charge is 1.00 e. The molecular formula is C31H41Cl2PZr. The quantitative estimate of drug-likeness (QED) is 0.139. The van der Waals surface area contributed by atoms with Crippen LogP contribution in [0.4, 0.5) is 0 Å². The molecule has 0 saturated heterocycles. The third-order valence-electron chi connectivity index (χ3n) is 6.29. The summed E-state index contributed by atoms with van der Waals surface area (Å²) in [5.74, 6) is 0. The average Bonchev–Trinajstić information content (AvgIpc) is 3.41. The second-order valence-electron chi connectivity index (χ2n) is 9.11. The van der Waals surface area contributed by atoms with Crippen LogP contribution in [0.5, 0.6) is 0 Å². The van der Waals surface area contributed by atoms with Crippen LogP contribution in [0.25, 0.3) is 21.5 Å². The summed E-state index contributed by atoms with van der Waals surface area (Å²) in [6.45, 7) is 6.73. The zero-order valence-corrected chi connectivity index (χ0v) is 26.6. The zero-order chi connectivity index (χ0) is 22.6. The molecule has 0 spiro atoms. The first-order chi connectivity index (χ1) is 15.7. The van der Waals surface area contributed by atoms with Gasteiger partial charge < -0.3 is 24.8 Å². The molecule has 0 aromatic heterocycles. The molecule has 0 fully saturated rings. The molecular weight excluding hydrogens is 565 g/mol. The molecule has 0 aliphatic heterocycles. The molecule has 0 heterocycles. The Bertz CT molecular complexity index is 974. The van der Waals surface area contributed by atoms with Gasteiger partial charge >= 0.3 is 26.2 Å². The van der Waals surface area contributed by atoms with Gasteiger partial charge in [0.25, 0.3) is 0 Å². The van der Waals surface area contributed by atoms with Crippen molar-refractivity contribution < 1.29 is 51.0 Å². The maximum absolute atomic E-state index is 2.47. The Hall–Kier alpha value is -0.447. The first-order valence-electron chi connectivity index (χ1n) is 12.7. The van der Waals surface area contributed by atoms with Crippen molar-refractivity contribution in [2.24, 2.45) is 0 Å². The summed E-state index contributed by atoms with van der Waals surface area (Å²) in [5.41, 5.74) is 1.35. The van der Waals surface area contributed by atoms with Gasteiger partial charge in [-0.25, -0.2) is 0 Å². The van der Waals surface area contributed by atoms with Crippen LogP contribution in [-0.4, -0.2) is 12.3 Å². The van der Waals surface area contributed by atoms with Gasteiger partial charge in [-0.05, 0) is 25.2 Å². The molecule has 0 nitrogen and oxygen atoms in total. The van der Waals surface area contributed by atoms with E-state index in [1.165, 1.54) is 90.8 Å². The summed E-state index contributed by atoms with van der Waals surface area (Å²) >= 11 is 0. The van der Waals surface area contributed by atoms with Crippen molar-refractivity contribution in [3.63, 3.8) is 0 Å². The second-order valence-corrected chi connectivity index (χ2v) is 11.6. The Morgan fingerprint density at radius 1 is 0.629 bits per heavy atom. The Labute approximate surface area is 247 Å². The van der Waals surface area contributed by atoms with Crippen molar-refractivity contribution >= 4 is 34.8 Å². The van der Waals surface area contributed by atoms with E-state index in [4.69, 9.17) is 0 Å². The van der Waals surface area contributed by atoms with Gasteiger partial charge in [-0.1, -0.05) is 79.4 Å². The molecule has 0 saturated carbocycles. The summed E-state index contributed by atoms with van der Waals surface area (Å²) in [5, 5.41) is 7.23. The van der Waals surface area contributed by atoms with Crippen molar-refractivity contribution in [2.45, 2.75) is 72.1 Å². The Morgan fingerprint density at radius 3 is 1.60 bits per heavy atom. The predicted octanol–water partition coefficient (Wildman–Crippen LogP) is 3.70. The summed E-state index contributed by atoms with van der Waals surface area (Å²) in [6.07, 6.45) is 14.1. The van der Waals surface area contributed by atoms with E-state index in [2.05, 4.69) is 93.6 Å². The number of aryl methyl sites for hydroxylation is 1. The summed E-state index contributed by atoms with van der Waals surface area (Å²) in [4.78, 5) is 0. The second kappa shape index (κ2) is 19.6. The molecule has 4 aromatic carbocycles. The van der Waals surface area contributed by atoms with E-state index in [1.54, 1.807) is 5.30 Å². The van der Waals surface area contributed by atoms with Crippen molar-refractivity contribution in [3.8, 4) is 0 Å². The van der Waals surface area contributed by atoms with Crippen LogP contribution in [0.1, 0.15) is 70.8 Å². The van der Waals surface area contributed by atoms with Gasteiger partial charge in [-0.2, -0.15) is 12.1 Å². The van der Waals surface area contributed by atoms with Gasteiger partial charge in [0.05, 0.1) is 0 Å². The van der Waals surface area contributed by atoms with Crippen LogP contribution < -0.4 is 30.1 Å². The maximum Gasteiger partial charge on any atom is 4.00 e. The first kappa shape index (κ1) is 34.6. The Kier molecular flexibility index (Phi) is 19.4. The van der Waals surface area contributed by atoms with Crippen LogP contribution >= 0.6 is 7.92 Å². The fourth-order valence-corrected chi connectivity index (χ4v) is 7.05. The van der Waals surface area contributed by atoms with Crippen LogP contribution in [-0.2, 0) is 26.2 Å². The number of benzene rings is 2. The third-order valence-corrected chi connectivity index (χ3v) is 8.99. The number of unbranched alkanes of at least 4 members (excludes halogenated alkanes) is 6. The number of rotatable bonds is 11. The van der Waals surface area contributed by atoms with E-state index in [-0.39, 0.29) is 58.9 Å². The molecule has 0 radical (unpaired) electrons. The van der Waals surface area contributed by atoms with Gasteiger partial charge in [-0.3, -0.25) is 0 Å². The number of hydrogen-bond acceptors (Lipinski definition) is 0. The maximum atomic E-state index is 2.47. The molecule has 0 amide bonds. The number of halogens is 2. The SMILES string of the molecule is CCCCCCP(CCCCCC)c1cc2ccccc2[cH-]1.Cc1cc2ccccc2[cH-]1.[Cl-].[Cl-].[Zr+4]. The molecule has 4 aromatic rings. The predicted molar refractivity (Wildman–Crippen MR) is 148 cm³/mol. The van der Waals surface area contributed by atoms with E-state index in [1.807, 2.05) is 0 Å². The molecule has 4 heteroatoms. The Morgan fingerprint density at radius 2 is 1.11 bits per heavy atom. The fourth-order valence-electron chi connectivity index (χ4n) is 4.45. The Balaban J connectivity index is 0.000000751. The van der Waals surface area contributed by atoms with Gasteiger partial charge in [0.15, 0.2) is 0 Å². The minimum absolute atomic E-state index is 0. The van der Waals surface area contributed by atoms with E-state index >= 15 is 0 Å². The van der Waals surface area contributed by atoms with Gasteiger partial charge in [0, 0.05) is 0 Å². The van der Waals surface area contributed by atoms with Crippen LogP contribution in [0, 0.1) is 6.92 Å². The third kappa shape index (κ3) is 11.6. The molecule has 0 aliphatic rings. The van der Waals surface area contributed by atoms with Gasteiger partial charge in [0.1, 0.15) is 0 Å². The molecule has 0 aliphatic carbocycles. The van der Waals surface area contributed by atoms with Crippen LogP contribution in [0.2, 0.25) is 0 Å². The fraction of sp³-hybridized carbons (Fsp3) is 0.419. The van der Waals surface area contributed by atoms with Crippen molar-refractivity contribution in [2.75, 3.05) is 12.3 Å². The molecule has 0 unspecified atom stereocenters. The molecule has 0 N–H and O–H groups in total. The summed E-state index contributed by atoms with van der Waals surface area (Å²) in [7, 11) is 0.0642. The van der Waals surface area contributed by atoms with E-state index in [0.717, 1.165) is 0 Å².